The van der Waals surface area contributed by atoms with Gasteiger partial charge in [0.1, 0.15) is 11.5 Å². The van der Waals surface area contributed by atoms with Crippen LogP contribution in [0, 0.1) is 6.92 Å². The summed E-state index contributed by atoms with van der Waals surface area (Å²) in [5.74, 6) is -2.13. The lowest BCUT2D eigenvalue weighted by molar-refractivity contribution is -0.153. The first-order valence-electron chi connectivity index (χ1n) is 4.93. The average Bonchev–Trinajstić information content (AvgIpc) is 2.29. The van der Waals surface area contributed by atoms with Crippen molar-refractivity contribution in [3.05, 3.63) is 17.7 Å². The third kappa shape index (κ3) is 4.17. The van der Waals surface area contributed by atoms with Crippen LogP contribution in [0.25, 0.3) is 0 Å². The van der Waals surface area contributed by atoms with Gasteiger partial charge in [-0.1, -0.05) is 0 Å². The summed E-state index contributed by atoms with van der Waals surface area (Å²) in [5, 5.41) is 27.3. The number of carboxylic acid groups (broad SMARTS) is 1. The molecule has 0 unspecified atom stereocenters. The van der Waals surface area contributed by atoms with E-state index in [0.717, 1.165) is 11.8 Å². The molecule has 0 aliphatic carbocycles. The fraction of sp³-hybridized carbons (Fsp3) is 0.273. The third-order valence-corrected chi connectivity index (χ3v) is 3.00. The topological polar surface area (TPSA) is 104 Å². The monoisotopic (exact) mass is 272 g/mol. The van der Waals surface area contributed by atoms with Gasteiger partial charge in [0, 0.05) is 0 Å². The first-order valence-corrected chi connectivity index (χ1v) is 5.91. The van der Waals surface area contributed by atoms with Crippen LogP contribution >= 0.6 is 11.8 Å². The maximum absolute atomic E-state index is 11.1. The van der Waals surface area contributed by atoms with Crippen molar-refractivity contribution in [2.24, 2.45) is 0 Å². The lowest BCUT2D eigenvalue weighted by Crippen LogP contribution is -2.14. The SMILES string of the molecule is Cc1cc(O)c(SCC(=O)OCC(=O)O)cc1O. The molecule has 18 heavy (non-hydrogen) atoms. The van der Waals surface area contributed by atoms with Gasteiger partial charge in [0.25, 0.3) is 0 Å². The molecule has 0 aliphatic heterocycles. The quantitative estimate of drug-likeness (QED) is 0.419. The molecule has 0 bridgehead atoms. The number of benzene rings is 1. The predicted molar refractivity (Wildman–Crippen MR) is 63.8 cm³/mol. The van der Waals surface area contributed by atoms with Gasteiger partial charge in [-0.2, -0.15) is 0 Å². The molecule has 0 aromatic heterocycles. The van der Waals surface area contributed by atoms with E-state index in [-0.39, 0.29) is 17.3 Å². The number of thioether (sulfide) groups is 1. The molecule has 0 spiro atoms. The summed E-state index contributed by atoms with van der Waals surface area (Å²) in [6.45, 7) is 0.940. The highest BCUT2D eigenvalue weighted by Gasteiger charge is 2.11. The Morgan fingerprint density at radius 3 is 2.56 bits per heavy atom. The number of phenolic OH excluding ortho intramolecular Hbond substituents is 2. The molecule has 3 N–H and O–H groups in total. The highest BCUT2D eigenvalue weighted by Crippen LogP contribution is 2.33. The lowest BCUT2D eigenvalue weighted by atomic mass is 10.2. The highest BCUT2D eigenvalue weighted by atomic mass is 32.2. The van der Waals surface area contributed by atoms with Gasteiger partial charge in [-0.05, 0) is 24.6 Å². The van der Waals surface area contributed by atoms with Crippen LogP contribution in [0.4, 0.5) is 0 Å². The fourth-order valence-corrected chi connectivity index (χ4v) is 1.86. The molecule has 0 saturated carbocycles. The Balaban J connectivity index is 2.56. The number of hydrogen-bond donors (Lipinski definition) is 3. The van der Waals surface area contributed by atoms with Crippen molar-refractivity contribution in [2.75, 3.05) is 12.4 Å². The molecule has 0 heterocycles. The van der Waals surface area contributed by atoms with Gasteiger partial charge in [0.05, 0.1) is 10.6 Å². The Morgan fingerprint density at radius 1 is 1.28 bits per heavy atom. The van der Waals surface area contributed by atoms with Crippen molar-refractivity contribution >= 4 is 23.7 Å². The van der Waals surface area contributed by atoms with Crippen LogP contribution in [-0.2, 0) is 14.3 Å². The molecule has 0 amide bonds. The zero-order valence-corrected chi connectivity index (χ0v) is 10.4. The number of hydrogen-bond acceptors (Lipinski definition) is 6. The zero-order chi connectivity index (χ0) is 13.7. The summed E-state index contributed by atoms with van der Waals surface area (Å²) in [6, 6.07) is 2.71. The Hall–Kier alpha value is -1.89. The van der Waals surface area contributed by atoms with Gasteiger partial charge in [0.15, 0.2) is 6.61 Å². The molecule has 6 nitrogen and oxygen atoms in total. The minimum atomic E-state index is -1.23. The van der Waals surface area contributed by atoms with Crippen LogP contribution in [0.2, 0.25) is 0 Å². The van der Waals surface area contributed by atoms with E-state index in [1.807, 2.05) is 0 Å². The van der Waals surface area contributed by atoms with Crippen molar-refractivity contribution in [3.63, 3.8) is 0 Å². The van der Waals surface area contributed by atoms with Crippen LogP contribution in [0.5, 0.6) is 11.5 Å². The van der Waals surface area contributed by atoms with Gasteiger partial charge in [-0.3, -0.25) is 4.79 Å². The third-order valence-electron chi connectivity index (χ3n) is 1.98. The molecule has 0 fully saturated rings. The molecular formula is C11H12O6S. The second-order valence-corrected chi connectivity index (χ2v) is 4.47. The first kappa shape index (κ1) is 14.2. The van der Waals surface area contributed by atoms with Gasteiger partial charge >= 0.3 is 11.9 Å². The van der Waals surface area contributed by atoms with E-state index in [1.165, 1.54) is 12.1 Å². The molecular weight excluding hydrogens is 260 g/mol. The largest absolute Gasteiger partial charge is 0.508 e. The number of rotatable bonds is 5. The van der Waals surface area contributed by atoms with Crippen molar-refractivity contribution < 1.29 is 29.6 Å². The van der Waals surface area contributed by atoms with Gasteiger partial charge in [0.2, 0.25) is 0 Å². The molecule has 7 heteroatoms. The van der Waals surface area contributed by atoms with E-state index in [1.54, 1.807) is 6.92 Å². The summed E-state index contributed by atoms with van der Waals surface area (Å²) in [7, 11) is 0. The van der Waals surface area contributed by atoms with E-state index in [4.69, 9.17) is 5.11 Å². The van der Waals surface area contributed by atoms with Gasteiger partial charge in [-0.25, -0.2) is 4.79 Å². The number of aryl methyl sites for hydroxylation is 1. The van der Waals surface area contributed by atoms with Crippen LogP contribution in [0.15, 0.2) is 17.0 Å². The second-order valence-electron chi connectivity index (χ2n) is 3.45. The van der Waals surface area contributed by atoms with Crippen molar-refractivity contribution in [2.45, 2.75) is 11.8 Å². The highest BCUT2D eigenvalue weighted by molar-refractivity contribution is 8.00. The van der Waals surface area contributed by atoms with E-state index in [0.29, 0.717) is 10.5 Å². The van der Waals surface area contributed by atoms with Crippen molar-refractivity contribution in [1.29, 1.82) is 0 Å². The molecule has 0 atom stereocenters. The minimum absolute atomic E-state index is 0.00852. The number of phenols is 2. The number of ether oxygens (including phenoxy) is 1. The Morgan fingerprint density at radius 2 is 1.94 bits per heavy atom. The number of aliphatic carboxylic acids is 1. The van der Waals surface area contributed by atoms with E-state index >= 15 is 0 Å². The Bertz CT molecular complexity index is 471. The van der Waals surface area contributed by atoms with Crippen LogP contribution in [0.3, 0.4) is 0 Å². The van der Waals surface area contributed by atoms with Crippen LogP contribution in [-0.4, -0.2) is 39.6 Å². The van der Waals surface area contributed by atoms with E-state index in [9.17, 15) is 19.8 Å². The van der Waals surface area contributed by atoms with Crippen molar-refractivity contribution in [3.8, 4) is 11.5 Å². The Labute approximate surface area is 107 Å². The lowest BCUT2D eigenvalue weighted by Gasteiger charge is -2.07. The normalized spacial score (nSPS) is 10.1. The van der Waals surface area contributed by atoms with Gasteiger partial charge < -0.3 is 20.1 Å². The van der Waals surface area contributed by atoms with Gasteiger partial charge in [-0.15, -0.1) is 11.8 Å². The molecule has 0 saturated heterocycles. The Kier molecular flexibility index (Phi) is 4.85. The summed E-state index contributed by atoms with van der Waals surface area (Å²) in [5.41, 5.74) is 0.519. The van der Waals surface area contributed by atoms with E-state index in [2.05, 4.69) is 4.74 Å². The molecule has 0 aliphatic rings. The summed E-state index contributed by atoms with van der Waals surface area (Å²) in [6.07, 6.45) is 0. The summed E-state index contributed by atoms with van der Waals surface area (Å²) >= 11 is 0.952. The number of carbonyl (C=O) groups excluding carboxylic acids is 1. The van der Waals surface area contributed by atoms with Crippen molar-refractivity contribution in [1.82, 2.24) is 0 Å². The zero-order valence-electron chi connectivity index (χ0n) is 9.54. The molecule has 98 valence electrons. The summed E-state index contributed by atoms with van der Waals surface area (Å²) in [4.78, 5) is 21.6. The summed E-state index contributed by atoms with van der Waals surface area (Å²) < 4.78 is 4.42. The first-order chi connectivity index (χ1) is 8.40. The van der Waals surface area contributed by atoms with Crippen LogP contribution in [0.1, 0.15) is 5.56 Å². The average molecular weight is 272 g/mol. The molecule has 1 rings (SSSR count). The second kappa shape index (κ2) is 6.15. The number of carbonyl (C=O) groups is 2. The maximum atomic E-state index is 11.1. The minimum Gasteiger partial charge on any atom is -0.508 e. The smallest absolute Gasteiger partial charge is 0.341 e. The predicted octanol–water partition coefficient (Wildman–Crippen LogP) is 1.13. The standard InChI is InChI=1S/C11H12O6S/c1-6-2-8(13)9(3-7(6)12)18-5-11(16)17-4-10(14)15/h2-3,12-13H,4-5H2,1H3,(H,14,15). The fourth-order valence-electron chi connectivity index (χ4n) is 1.10. The maximum Gasteiger partial charge on any atom is 0.341 e. The molecule has 0 radical (unpaired) electrons. The number of carboxylic acids is 1. The van der Waals surface area contributed by atoms with Crippen LogP contribution < -0.4 is 0 Å². The number of aromatic hydroxyl groups is 2. The number of esters is 1. The molecule has 1 aromatic rings. The van der Waals surface area contributed by atoms with E-state index < -0.39 is 18.5 Å². The molecule has 1 aromatic carbocycles.